The van der Waals surface area contributed by atoms with E-state index in [-0.39, 0.29) is 17.6 Å². The minimum Gasteiger partial charge on any atom is -0.493 e. The number of aliphatic hydroxyl groups is 2. The Morgan fingerprint density at radius 2 is 2.15 bits per heavy atom. The summed E-state index contributed by atoms with van der Waals surface area (Å²) in [5, 5.41) is 27.3. The fourth-order valence-electron chi connectivity index (χ4n) is 1.84. The van der Waals surface area contributed by atoms with Crippen molar-refractivity contribution in [1.82, 2.24) is 20.5 Å². The fraction of sp³-hybridized carbons (Fsp3) is 0.333. The standard InChI is InChI=1S/C14H18N6O3S.CH4O/c1-7(6-10(21)17-11(15)9-4-3-5-24-9)13(22)16-8(2)12-18-14(23)20-19-12;1-2/h3-8,21H,1-2H3,(H2,15,17)(H,16,22)(H2,18,19,20,23);2H,1H3/b10-6+;. The van der Waals surface area contributed by atoms with E-state index >= 15 is 0 Å². The maximum absolute atomic E-state index is 12.1. The Bertz CT molecular complexity index is 808. The molecule has 0 fully saturated rings. The van der Waals surface area contributed by atoms with Crippen molar-refractivity contribution in [3.05, 3.63) is 50.7 Å². The van der Waals surface area contributed by atoms with E-state index in [4.69, 9.17) is 10.8 Å². The monoisotopic (exact) mass is 382 g/mol. The van der Waals surface area contributed by atoms with Crippen LogP contribution in [0.15, 0.2) is 39.3 Å². The number of carbonyl (C=O) groups excluding carboxylic acids is 1. The first-order valence-electron chi connectivity index (χ1n) is 7.55. The number of H-pyrrole nitrogens is 2. The van der Waals surface area contributed by atoms with Gasteiger partial charge in [-0.05, 0) is 31.4 Å². The Hall–Kier alpha value is -2.92. The number of aromatic amines is 2. The Labute approximate surface area is 153 Å². The highest BCUT2D eigenvalue weighted by atomic mass is 32.1. The molecule has 26 heavy (non-hydrogen) atoms. The molecule has 0 bridgehead atoms. The van der Waals surface area contributed by atoms with Gasteiger partial charge in [-0.3, -0.25) is 9.78 Å². The average Bonchev–Trinajstić information content (AvgIpc) is 3.27. The van der Waals surface area contributed by atoms with Gasteiger partial charge in [-0.25, -0.2) is 9.89 Å². The number of nitrogens with two attached hydrogens (primary N) is 1. The van der Waals surface area contributed by atoms with Crippen molar-refractivity contribution in [2.45, 2.75) is 19.9 Å². The average molecular weight is 382 g/mol. The van der Waals surface area contributed by atoms with Gasteiger partial charge in [-0.15, -0.1) is 11.3 Å². The number of amidine groups is 1. The Kier molecular flexibility index (Phi) is 8.25. The number of carbonyl (C=O) groups is 1. The highest BCUT2D eigenvalue weighted by Crippen LogP contribution is 2.11. The van der Waals surface area contributed by atoms with Gasteiger partial charge in [-0.1, -0.05) is 6.07 Å². The number of nitrogens with zero attached hydrogens (tertiary/aromatic N) is 2. The predicted molar refractivity (Wildman–Crippen MR) is 98.8 cm³/mol. The van der Waals surface area contributed by atoms with Crippen LogP contribution in [-0.4, -0.2) is 44.2 Å². The number of aromatic nitrogens is 3. The number of aliphatic imine (C=N–C) groups is 1. The van der Waals surface area contributed by atoms with Gasteiger partial charge in [0.05, 0.1) is 16.8 Å². The molecule has 2 atom stereocenters. The molecule has 0 aliphatic heterocycles. The van der Waals surface area contributed by atoms with Gasteiger partial charge in [0.25, 0.3) is 0 Å². The Balaban J connectivity index is 0.00000163. The van der Waals surface area contributed by atoms with E-state index in [0.717, 1.165) is 12.0 Å². The molecular formula is C15H22N6O4S. The smallest absolute Gasteiger partial charge is 0.340 e. The summed E-state index contributed by atoms with van der Waals surface area (Å²) in [5.74, 6) is -0.868. The van der Waals surface area contributed by atoms with Gasteiger partial charge in [0.15, 0.2) is 5.82 Å². The van der Waals surface area contributed by atoms with Crippen molar-refractivity contribution >= 4 is 23.1 Å². The number of aliphatic hydroxyl groups excluding tert-OH is 2. The molecule has 2 rings (SSSR count). The van der Waals surface area contributed by atoms with Gasteiger partial charge in [0.1, 0.15) is 5.84 Å². The summed E-state index contributed by atoms with van der Waals surface area (Å²) in [4.78, 5) is 30.2. The van der Waals surface area contributed by atoms with Crippen LogP contribution in [0.2, 0.25) is 0 Å². The van der Waals surface area contributed by atoms with Crippen LogP contribution >= 0.6 is 11.3 Å². The number of nitrogens with one attached hydrogen (secondary N) is 3. The Morgan fingerprint density at radius 1 is 1.46 bits per heavy atom. The molecule has 0 aromatic carbocycles. The second kappa shape index (κ2) is 10.2. The van der Waals surface area contributed by atoms with Crippen LogP contribution in [0.1, 0.15) is 30.6 Å². The SMILES string of the molecule is CC(/C=C(O)\N=C(/N)c1cccs1)C(=O)NC(C)c1n[nH]c(=O)[nH]1.CO. The maximum Gasteiger partial charge on any atom is 0.340 e. The molecule has 2 aromatic rings. The first-order chi connectivity index (χ1) is 12.4. The molecule has 1 amide bonds. The molecule has 2 unspecified atom stereocenters. The molecule has 2 aromatic heterocycles. The van der Waals surface area contributed by atoms with Crippen LogP contribution in [0.25, 0.3) is 0 Å². The van der Waals surface area contributed by atoms with Crippen LogP contribution in [0.4, 0.5) is 0 Å². The van der Waals surface area contributed by atoms with E-state index in [2.05, 4.69) is 25.5 Å². The molecule has 142 valence electrons. The highest BCUT2D eigenvalue weighted by molar-refractivity contribution is 7.12. The number of amides is 1. The van der Waals surface area contributed by atoms with E-state index in [9.17, 15) is 14.7 Å². The van der Waals surface area contributed by atoms with Crippen molar-refractivity contribution in [3.8, 4) is 0 Å². The van der Waals surface area contributed by atoms with Crippen LogP contribution in [-0.2, 0) is 4.79 Å². The molecule has 11 heteroatoms. The van der Waals surface area contributed by atoms with Gasteiger partial charge in [0.2, 0.25) is 11.8 Å². The molecular weight excluding hydrogens is 360 g/mol. The second-order valence-corrected chi connectivity index (χ2v) is 6.03. The highest BCUT2D eigenvalue weighted by Gasteiger charge is 2.17. The molecule has 10 nitrogen and oxygen atoms in total. The zero-order valence-electron chi connectivity index (χ0n) is 14.6. The lowest BCUT2D eigenvalue weighted by Gasteiger charge is -2.13. The van der Waals surface area contributed by atoms with Crippen LogP contribution in [0, 0.1) is 5.92 Å². The second-order valence-electron chi connectivity index (χ2n) is 5.08. The number of thiophene rings is 1. The molecule has 0 aliphatic rings. The third kappa shape index (κ3) is 6.18. The number of hydrogen-bond donors (Lipinski definition) is 6. The number of rotatable bonds is 6. The summed E-state index contributed by atoms with van der Waals surface area (Å²) in [6.07, 6.45) is 1.29. The minimum absolute atomic E-state index is 0.175. The van der Waals surface area contributed by atoms with Gasteiger partial charge in [-0.2, -0.15) is 10.1 Å². The van der Waals surface area contributed by atoms with Crippen molar-refractivity contribution in [2.24, 2.45) is 16.6 Å². The first kappa shape index (κ1) is 21.1. The molecule has 0 radical (unpaired) electrons. The molecule has 2 heterocycles. The van der Waals surface area contributed by atoms with Crippen molar-refractivity contribution in [1.29, 1.82) is 0 Å². The first-order valence-corrected chi connectivity index (χ1v) is 8.43. The van der Waals surface area contributed by atoms with Gasteiger partial charge >= 0.3 is 5.69 Å². The van der Waals surface area contributed by atoms with E-state index in [1.807, 2.05) is 11.4 Å². The Morgan fingerprint density at radius 3 is 2.69 bits per heavy atom. The lowest BCUT2D eigenvalue weighted by atomic mass is 10.1. The molecule has 0 aliphatic carbocycles. The van der Waals surface area contributed by atoms with Crippen molar-refractivity contribution in [2.75, 3.05) is 7.11 Å². The molecule has 0 saturated heterocycles. The zero-order chi connectivity index (χ0) is 19.7. The quantitative estimate of drug-likeness (QED) is 0.240. The summed E-state index contributed by atoms with van der Waals surface area (Å²) in [5.41, 5.74) is 5.32. The van der Waals surface area contributed by atoms with Gasteiger partial charge in [0, 0.05) is 7.11 Å². The third-order valence-corrected chi connectivity index (χ3v) is 4.00. The molecule has 7 N–H and O–H groups in total. The van der Waals surface area contributed by atoms with E-state index in [1.54, 1.807) is 19.9 Å². The van der Waals surface area contributed by atoms with Crippen molar-refractivity contribution in [3.63, 3.8) is 0 Å². The summed E-state index contributed by atoms with van der Waals surface area (Å²) in [6.45, 7) is 3.27. The summed E-state index contributed by atoms with van der Waals surface area (Å²) >= 11 is 1.39. The largest absolute Gasteiger partial charge is 0.493 e. The van der Waals surface area contributed by atoms with E-state index in [1.165, 1.54) is 17.4 Å². The fourth-order valence-corrected chi connectivity index (χ4v) is 2.47. The topological polar surface area (TPSA) is 169 Å². The third-order valence-electron chi connectivity index (χ3n) is 3.11. The van der Waals surface area contributed by atoms with Crippen LogP contribution in [0.5, 0.6) is 0 Å². The van der Waals surface area contributed by atoms with E-state index in [0.29, 0.717) is 5.82 Å². The molecule has 0 saturated carbocycles. The minimum atomic E-state index is -0.655. The lowest BCUT2D eigenvalue weighted by Crippen LogP contribution is -2.31. The molecule has 0 spiro atoms. The lowest BCUT2D eigenvalue weighted by molar-refractivity contribution is -0.123. The predicted octanol–water partition coefficient (Wildman–Crippen LogP) is 0.386. The summed E-state index contributed by atoms with van der Waals surface area (Å²) in [6, 6.07) is 3.10. The summed E-state index contributed by atoms with van der Waals surface area (Å²) < 4.78 is 0. The summed E-state index contributed by atoms with van der Waals surface area (Å²) in [7, 11) is 1.00. The van der Waals surface area contributed by atoms with Crippen LogP contribution in [0.3, 0.4) is 0 Å². The van der Waals surface area contributed by atoms with Crippen LogP contribution < -0.4 is 16.7 Å². The normalized spacial score (nSPS) is 14.2. The maximum atomic E-state index is 12.1. The van der Waals surface area contributed by atoms with Crippen molar-refractivity contribution < 1.29 is 15.0 Å². The van der Waals surface area contributed by atoms with E-state index < -0.39 is 17.6 Å². The number of hydrogen-bond acceptors (Lipinski definition) is 7. The van der Waals surface area contributed by atoms with Gasteiger partial charge < -0.3 is 21.3 Å². The zero-order valence-corrected chi connectivity index (χ0v) is 15.4.